The van der Waals surface area contributed by atoms with Crippen LogP contribution in [0.5, 0.6) is 0 Å². The highest BCUT2D eigenvalue weighted by molar-refractivity contribution is 7.98. The quantitative estimate of drug-likeness (QED) is 0.371. The number of nitrogens with zero attached hydrogens (tertiary/aromatic N) is 4. The first-order valence-electron chi connectivity index (χ1n) is 9.05. The van der Waals surface area contributed by atoms with Crippen molar-refractivity contribution in [1.29, 1.82) is 0 Å². The van der Waals surface area contributed by atoms with Crippen molar-refractivity contribution in [1.82, 2.24) is 25.1 Å². The lowest BCUT2D eigenvalue weighted by atomic mass is 10.1. The summed E-state index contributed by atoms with van der Waals surface area (Å²) < 4.78 is 5.76. The average Bonchev–Trinajstić information content (AvgIpc) is 3.45. The molecule has 0 radical (unpaired) electrons. The number of thiophene rings is 1. The molecule has 5 rings (SSSR count). The third kappa shape index (κ3) is 3.57. The van der Waals surface area contributed by atoms with Gasteiger partial charge >= 0.3 is 0 Å². The van der Waals surface area contributed by atoms with Gasteiger partial charge in [-0.3, -0.25) is 4.79 Å². The van der Waals surface area contributed by atoms with Gasteiger partial charge in [-0.1, -0.05) is 42.1 Å². The molecule has 4 heterocycles. The summed E-state index contributed by atoms with van der Waals surface area (Å²) in [5.74, 6) is 1.46. The summed E-state index contributed by atoms with van der Waals surface area (Å²) in [4.78, 5) is 26.2. The number of thiazole rings is 1. The molecule has 7 nitrogen and oxygen atoms in total. The van der Waals surface area contributed by atoms with Crippen molar-refractivity contribution in [2.24, 2.45) is 0 Å². The third-order valence-electron chi connectivity index (χ3n) is 4.41. The smallest absolute Gasteiger partial charge is 0.277 e. The van der Waals surface area contributed by atoms with Gasteiger partial charge in [0.2, 0.25) is 0 Å². The number of benzene rings is 1. The summed E-state index contributed by atoms with van der Waals surface area (Å²) in [6.45, 7) is 3.86. The summed E-state index contributed by atoms with van der Waals surface area (Å²) in [6, 6.07) is 9.85. The minimum atomic E-state index is -0.141. The first-order chi connectivity index (χ1) is 14.6. The van der Waals surface area contributed by atoms with Gasteiger partial charge in [0.15, 0.2) is 0 Å². The number of aryl methyl sites for hydroxylation is 2. The van der Waals surface area contributed by atoms with E-state index >= 15 is 0 Å². The number of aromatic amines is 1. The topological polar surface area (TPSA) is 97.6 Å². The molecule has 0 saturated heterocycles. The summed E-state index contributed by atoms with van der Waals surface area (Å²) >= 11 is 4.33. The highest BCUT2D eigenvalue weighted by Crippen LogP contribution is 2.32. The Morgan fingerprint density at radius 1 is 1.13 bits per heavy atom. The zero-order chi connectivity index (χ0) is 20.7. The molecule has 5 aromatic rings. The fourth-order valence-corrected chi connectivity index (χ4v) is 5.55. The molecule has 0 aliphatic rings. The van der Waals surface area contributed by atoms with Crippen LogP contribution in [0, 0.1) is 13.8 Å². The molecule has 0 amide bonds. The summed E-state index contributed by atoms with van der Waals surface area (Å²) in [7, 11) is 0. The second-order valence-corrected chi connectivity index (χ2v) is 9.51. The Hall–Kier alpha value is -2.82. The van der Waals surface area contributed by atoms with Crippen LogP contribution in [0.25, 0.3) is 32.1 Å². The maximum atomic E-state index is 12.7. The summed E-state index contributed by atoms with van der Waals surface area (Å²) in [5.41, 5.74) is 2.64. The van der Waals surface area contributed by atoms with Crippen molar-refractivity contribution >= 4 is 44.7 Å². The van der Waals surface area contributed by atoms with Crippen LogP contribution < -0.4 is 5.56 Å². The molecular weight excluding hydrogens is 438 g/mol. The molecule has 0 fully saturated rings. The van der Waals surface area contributed by atoms with E-state index in [1.807, 2.05) is 49.6 Å². The van der Waals surface area contributed by atoms with E-state index in [9.17, 15) is 4.79 Å². The van der Waals surface area contributed by atoms with Gasteiger partial charge < -0.3 is 9.40 Å². The molecule has 30 heavy (non-hydrogen) atoms. The van der Waals surface area contributed by atoms with Crippen molar-refractivity contribution in [3.8, 4) is 21.9 Å². The van der Waals surface area contributed by atoms with E-state index in [2.05, 4.69) is 25.1 Å². The Balaban J connectivity index is 1.38. The zero-order valence-corrected chi connectivity index (χ0v) is 18.5. The van der Waals surface area contributed by atoms with Gasteiger partial charge in [-0.2, -0.15) is 0 Å². The Labute approximate surface area is 183 Å². The average molecular weight is 454 g/mol. The van der Waals surface area contributed by atoms with Crippen molar-refractivity contribution in [2.45, 2.75) is 24.8 Å². The molecule has 4 aromatic heterocycles. The van der Waals surface area contributed by atoms with E-state index < -0.39 is 0 Å². The first kappa shape index (κ1) is 19.2. The molecule has 0 saturated carbocycles. The van der Waals surface area contributed by atoms with E-state index in [1.165, 1.54) is 34.4 Å². The molecule has 0 unspecified atom stereocenters. The molecule has 10 heteroatoms. The van der Waals surface area contributed by atoms with Crippen LogP contribution >= 0.6 is 34.4 Å². The van der Waals surface area contributed by atoms with Crippen LogP contribution in [0.15, 0.2) is 50.1 Å². The highest BCUT2D eigenvalue weighted by atomic mass is 32.2. The monoisotopic (exact) mass is 453 g/mol. The van der Waals surface area contributed by atoms with Crippen LogP contribution in [0.1, 0.15) is 16.5 Å². The zero-order valence-electron chi connectivity index (χ0n) is 16.0. The molecule has 0 aliphatic carbocycles. The second kappa shape index (κ2) is 7.78. The minimum Gasteiger partial charge on any atom is -0.410 e. The molecule has 0 atom stereocenters. The highest BCUT2D eigenvalue weighted by Gasteiger charge is 2.17. The van der Waals surface area contributed by atoms with Crippen molar-refractivity contribution in [2.75, 3.05) is 0 Å². The predicted molar refractivity (Wildman–Crippen MR) is 120 cm³/mol. The number of nitrogens with one attached hydrogen (secondary N) is 1. The van der Waals surface area contributed by atoms with Crippen LogP contribution in [-0.4, -0.2) is 25.1 Å². The molecular formula is C20H15N5O2S3. The summed E-state index contributed by atoms with van der Waals surface area (Å²) in [6.07, 6.45) is 0. The van der Waals surface area contributed by atoms with Gasteiger partial charge in [0.1, 0.15) is 15.5 Å². The standard InChI is InChI=1S/C20H15N5O2S3/c1-10-16(30-11(2)21-10)18-24-25-20(27-18)29-9-14-22-17(26)15-13(8-28-19(15)23-14)12-6-4-3-5-7-12/h3-8H,9H2,1-2H3,(H,22,23,26). The van der Waals surface area contributed by atoms with Crippen LogP contribution in [0.4, 0.5) is 0 Å². The Bertz CT molecular complexity index is 1400. The first-order valence-corrected chi connectivity index (χ1v) is 11.7. The van der Waals surface area contributed by atoms with E-state index in [0.717, 1.165) is 31.5 Å². The minimum absolute atomic E-state index is 0.141. The van der Waals surface area contributed by atoms with Crippen molar-refractivity contribution in [3.63, 3.8) is 0 Å². The van der Waals surface area contributed by atoms with Gasteiger partial charge in [-0.25, -0.2) is 9.97 Å². The number of hydrogen-bond donors (Lipinski definition) is 1. The van der Waals surface area contributed by atoms with E-state index in [1.54, 1.807) is 0 Å². The Morgan fingerprint density at radius 3 is 2.73 bits per heavy atom. The van der Waals surface area contributed by atoms with E-state index in [-0.39, 0.29) is 5.56 Å². The predicted octanol–water partition coefficient (Wildman–Crippen LogP) is 5.07. The number of H-pyrrole nitrogens is 1. The second-order valence-electron chi connectivity index (χ2n) is 6.52. The number of rotatable bonds is 5. The Morgan fingerprint density at radius 2 is 1.97 bits per heavy atom. The lowest BCUT2D eigenvalue weighted by Crippen LogP contribution is -2.10. The number of fused-ring (bicyclic) bond motifs is 1. The van der Waals surface area contributed by atoms with Gasteiger partial charge in [-0.15, -0.1) is 32.9 Å². The molecule has 0 aliphatic heterocycles. The van der Waals surface area contributed by atoms with E-state index in [0.29, 0.717) is 28.1 Å². The molecule has 150 valence electrons. The fourth-order valence-electron chi connectivity index (χ4n) is 3.11. The van der Waals surface area contributed by atoms with Crippen LogP contribution in [0.2, 0.25) is 0 Å². The van der Waals surface area contributed by atoms with Crippen molar-refractivity contribution in [3.05, 3.63) is 62.6 Å². The molecule has 1 N–H and O–H groups in total. The lowest BCUT2D eigenvalue weighted by Gasteiger charge is -2.01. The van der Waals surface area contributed by atoms with Gasteiger partial charge in [0.05, 0.1) is 21.8 Å². The normalized spacial score (nSPS) is 11.4. The van der Waals surface area contributed by atoms with Crippen LogP contribution in [0.3, 0.4) is 0 Å². The maximum Gasteiger partial charge on any atom is 0.277 e. The van der Waals surface area contributed by atoms with Crippen molar-refractivity contribution < 1.29 is 4.42 Å². The van der Waals surface area contributed by atoms with Gasteiger partial charge in [0.25, 0.3) is 16.7 Å². The lowest BCUT2D eigenvalue weighted by molar-refractivity contribution is 0.466. The number of thioether (sulfide) groups is 1. The molecule has 1 aromatic carbocycles. The number of hydrogen-bond acceptors (Lipinski definition) is 9. The fraction of sp³-hybridized carbons (Fsp3) is 0.150. The molecule has 0 bridgehead atoms. The van der Waals surface area contributed by atoms with E-state index in [4.69, 9.17) is 4.42 Å². The SMILES string of the molecule is Cc1nc(C)c(-c2nnc(SCc3nc4scc(-c5ccccc5)c4c(=O)[nH]3)o2)s1. The summed E-state index contributed by atoms with van der Waals surface area (Å²) in [5, 5.41) is 12.2. The molecule has 0 spiro atoms. The number of aromatic nitrogens is 5. The van der Waals surface area contributed by atoms with Gasteiger partial charge in [-0.05, 0) is 19.4 Å². The largest absolute Gasteiger partial charge is 0.410 e. The van der Waals surface area contributed by atoms with Gasteiger partial charge in [0, 0.05) is 10.9 Å². The van der Waals surface area contributed by atoms with Crippen LogP contribution in [-0.2, 0) is 5.75 Å². The Kier molecular flexibility index (Phi) is 4.97. The third-order valence-corrected chi connectivity index (χ3v) is 7.18. The maximum absolute atomic E-state index is 12.7.